The number of amides is 1. The van der Waals surface area contributed by atoms with Crippen molar-refractivity contribution in [3.05, 3.63) is 48.0 Å². The fourth-order valence-electron chi connectivity index (χ4n) is 4.92. The highest BCUT2D eigenvalue weighted by Crippen LogP contribution is 2.34. The van der Waals surface area contributed by atoms with Crippen molar-refractivity contribution in [1.82, 2.24) is 9.29 Å². The highest BCUT2D eigenvalue weighted by atomic mass is 32.2. The molecule has 2 aliphatic heterocycles. The van der Waals surface area contributed by atoms with Crippen LogP contribution in [0.15, 0.2) is 52.3 Å². The molecule has 2 aliphatic rings. The van der Waals surface area contributed by atoms with Crippen molar-refractivity contribution < 1.29 is 17.9 Å². The number of piperidine rings is 1. The van der Waals surface area contributed by atoms with Gasteiger partial charge in [-0.15, -0.1) is 11.8 Å². The zero-order valence-corrected chi connectivity index (χ0v) is 23.0. The molecule has 10 heteroatoms. The first-order chi connectivity index (χ1) is 17.4. The van der Waals surface area contributed by atoms with Crippen molar-refractivity contribution in [1.29, 1.82) is 0 Å². The van der Waals surface area contributed by atoms with E-state index < -0.39 is 10.0 Å². The number of nitrogens with zero attached hydrogens (tertiary/aromatic N) is 3. The molecule has 0 bridgehead atoms. The number of benzene rings is 2. The van der Waals surface area contributed by atoms with Gasteiger partial charge in [0.15, 0.2) is 5.13 Å². The van der Waals surface area contributed by atoms with Gasteiger partial charge >= 0.3 is 0 Å². The molecule has 0 aliphatic carbocycles. The van der Waals surface area contributed by atoms with Crippen molar-refractivity contribution in [3.8, 4) is 0 Å². The molecule has 2 aromatic carbocycles. The van der Waals surface area contributed by atoms with Crippen LogP contribution in [-0.2, 0) is 19.6 Å². The van der Waals surface area contributed by atoms with Crippen molar-refractivity contribution in [2.45, 2.75) is 48.5 Å². The second-order valence-electron chi connectivity index (χ2n) is 9.38. The van der Waals surface area contributed by atoms with E-state index in [9.17, 15) is 13.2 Å². The Hall–Kier alpha value is -1.98. The molecule has 1 aromatic heterocycles. The second kappa shape index (κ2) is 10.8. The SMILES string of the molecule is CSc1ccccc1S(=O)(=O)N1CCC(C(=O)N(CC2CCCO2)c2nc3ccc(C)cc3s2)CC1. The van der Waals surface area contributed by atoms with E-state index in [0.717, 1.165) is 40.1 Å². The molecule has 192 valence electrons. The van der Waals surface area contributed by atoms with E-state index in [1.54, 1.807) is 17.0 Å². The minimum Gasteiger partial charge on any atom is -0.376 e. The van der Waals surface area contributed by atoms with Crippen LogP contribution < -0.4 is 4.90 Å². The molecule has 0 spiro atoms. The second-order valence-corrected chi connectivity index (χ2v) is 13.1. The van der Waals surface area contributed by atoms with Gasteiger partial charge in [0.1, 0.15) is 0 Å². The first-order valence-electron chi connectivity index (χ1n) is 12.3. The number of hydrogen-bond donors (Lipinski definition) is 0. The Bertz CT molecular complexity index is 1340. The summed E-state index contributed by atoms with van der Waals surface area (Å²) < 4.78 is 35.1. The number of sulfonamides is 1. The number of rotatable bonds is 7. The Balaban J connectivity index is 1.34. The maximum Gasteiger partial charge on any atom is 0.244 e. The molecule has 36 heavy (non-hydrogen) atoms. The predicted octanol–water partition coefficient (Wildman–Crippen LogP) is 4.94. The molecule has 0 N–H and O–H groups in total. The van der Waals surface area contributed by atoms with E-state index in [0.29, 0.717) is 42.5 Å². The van der Waals surface area contributed by atoms with Crippen LogP contribution in [0.1, 0.15) is 31.2 Å². The Labute approximate surface area is 220 Å². The zero-order valence-electron chi connectivity index (χ0n) is 20.6. The predicted molar refractivity (Wildman–Crippen MR) is 145 cm³/mol. The van der Waals surface area contributed by atoms with Gasteiger partial charge in [-0.25, -0.2) is 13.4 Å². The average molecular weight is 546 g/mol. The highest BCUT2D eigenvalue weighted by molar-refractivity contribution is 7.99. The van der Waals surface area contributed by atoms with E-state index in [1.807, 2.05) is 37.4 Å². The molecule has 1 amide bonds. The number of aromatic nitrogens is 1. The van der Waals surface area contributed by atoms with Crippen LogP contribution in [0.4, 0.5) is 5.13 Å². The maximum atomic E-state index is 13.8. The standard InChI is InChI=1S/C26H31N3O4S3/c1-18-9-10-21-23(16-18)35-26(27-21)29(17-20-6-5-15-33-20)25(30)19-11-13-28(14-12-19)36(31,32)24-8-4-3-7-22(24)34-2/h3-4,7-10,16,19-20H,5-6,11-15,17H2,1-2H3. The summed E-state index contributed by atoms with van der Waals surface area (Å²) in [5, 5.41) is 0.694. The molecule has 2 saturated heterocycles. The summed E-state index contributed by atoms with van der Waals surface area (Å²) >= 11 is 2.96. The zero-order chi connectivity index (χ0) is 25.3. The highest BCUT2D eigenvalue weighted by Gasteiger charge is 2.36. The lowest BCUT2D eigenvalue weighted by atomic mass is 9.96. The Morgan fingerprint density at radius 3 is 2.69 bits per heavy atom. The number of aryl methyl sites for hydroxylation is 1. The number of anilines is 1. The molecule has 3 heterocycles. The van der Waals surface area contributed by atoms with Gasteiger partial charge in [-0.05, 0) is 68.7 Å². The fourth-order valence-corrected chi connectivity index (χ4v) is 8.59. The third kappa shape index (κ3) is 5.19. The third-order valence-electron chi connectivity index (χ3n) is 6.93. The summed E-state index contributed by atoms with van der Waals surface area (Å²) in [6.45, 7) is 3.91. The number of thioether (sulfide) groups is 1. The van der Waals surface area contributed by atoms with Gasteiger partial charge in [-0.2, -0.15) is 4.31 Å². The van der Waals surface area contributed by atoms with Gasteiger partial charge in [0, 0.05) is 30.5 Å². The number of carbonyl (C=O) groups is 1. The number of thiazole rings is 1. The summed E-state index contributed by atoms with van der Waals surface area (Å²) in [5.74, 6) is -0.231. The van der Waals surface area contributed by atoms with Crippen LogP contribution in [0.3, 0.4) is 0 Å². The lowest BCUT2D eigenvalue weighted by Crippen LogP contribution is -2.46. The molecule has 1 atom stereocenters. The summed E-state index contributed by atoms with van der Waals surface area (Å²) in [6.07, 6.45) is 4.80. The van der Waals surface area contributed by atoms with Crippen LogP contribution in [0, 0.1) is 12.8 Å². The van der Waals surface area contributed by atoms with Gasteiger partial charge in [0.25, 0.3) is 0 Å². The number of fused-ring (bicyclic) bond motifs is 1. The van der Waals surface area contributed by atoms with Crippen molar-refractivity contribution in [2.75, 3.05) is 37.4 Å². The van der Waals surface area contributed by atoms with Crippen LogP contribution in [0.2, 0.25) is 0 Å². The first-order valence-corrected chi connectivity index (χ1v) is 15.8. The minimum atomic E-state index is -3.61. The molecule has 3 aromatic rings. The van der Waals surface area contributed by atoms with E-state index in [4.69, 9.17) is 9.72 Å². The van der Waals surface area contributed by atoms with Crippen LogP contribution in [-0.4, -0.2) is 62.2 Å². The van der Waals surface area contributed by atoms with E-state index in [1.165, 1.54) is 27.4 Å². The van der Waals surface area contributed by atoms with Crippen molar-refractivity contribution in [3.63, 3.8) is 0 Å². The Kier molecular flexibility index (Phi) is 7.69. The van der Waals surface area contributed by atoms with Crippen LogP contribution in [0.5, 0.6) is 0 Å². The van der Waals surface area contributed by atoms with Gasteiger partial charge in [-0.3, -0.25) is 9.69 Å². The average Bonchev–Trinajstić information content (AvgIpc) is 3.56. The largest absolute Gasteiger partial charge is 0.376 e. The quantitative estimate of drug-likeness (QED) is 0.392. The third-order valence-corrected chi connectivity index (χ3v) is 10.9. The monoisotopic (exact) mass is 545 g/mol. The molecule has 2 fully saturated rings. The maximum absolute atomic E-state index is 13.8. The number of hydrogen-bond acceptors (Lipinski definition) is 7. The smallest absolute Gasteiger partial charge is 0.244 e. The minimum absolute atomic E-state index is 0.00575. The Morgan fingerprint density at radius 1 is 1.19 bits per heavy atom. The molecular formula is C26H31N3O4S3. The van der Waals surface area contributed by atoms with E-state index >= 15 is 0 Å². The Morgan fingerprint density at radius 2 is 1.97 bits per heavy atom. The van der Waals surface area contributed by atoms with Gasteiger partial charge in [0.05, 0.1) is 27.8 Å². The molecule has 1 unspecified atom stereocenters. The van der Waals surface area contributed by atoms with Crippen LogP contribution in [0.25, 0.3) is 10.2 Å². The van der Waals surface area contributed by atoms with E-state index in [2.05, 4.69) is 6.07 Å². The first kappa shape index (κ1) is 25.7. The number of carbonyl (C=O) groups excluding carboxylic acids is 1. The molecular weight excluding hydrogens is 515 g/mol. The van der Waals surface area contributed by atoms with E-state index in [-0.39, 0.29) is 17.9 Å². The van der Waals surface area contributed by atoms with Gasteiger partial charge < -0.3 is 4.74 Å². The van der Waals surface area contributed by atoms with Crippen molar-refractivity contribution >= 4 is 54.4 Å². The summed E-state index contributed by atoms with van der Waals surface area (Å²) in [6, 6.07) is 13.2. The summed E-state index contributed by atoms with van der Waals surface area (Å²) in [4.78, 5) is 21.5. The van der Waals surface area contributed by atoms with Crippen molar-refractivity contribution in [2.24, 2.45) is 5.92 Å². The summed E-state index contributed by atoms with van der Waals surface area (Å²) in [7, 11) is -3.61. The van der Waals surface area contributed by atoms with Crippen LogP contribution >= 0.6 is 23.1 Å². The molecule has 5 rings (SSSR count). The lowest BCUT2D eigenvalue weighted by molar-refractivity contribution is -0.123. The molecule has 7 nitrogen and oxygen atoms in total. The lowest BCUT2D eigenvalue weighted by Gasteiger charge is -2.33. The number of ether oxygens (including phenoxy) is 1. The van der Waals surface area contributed by atoms with Gasteiger partial charge in [0.2, 0.25) is 15.9 Å². The molecule has 0 radical (unpaired) electrons. The normalized spacial score (nSPS) is 19.7. The molecule has 0 saturated carbocycles. The topological polar surface area (TPSA) is 79.8 Å². The summed E-state index contributed by atoms with van der Waals surface area (Å²) in [5.41, 5.74) is 2.05. The fraction of sp³-hybridized carbons (Fsp3) is 0.462. The van der Waals surface area contributed by atoms with Gasteiger partial charge in [-0.1, -0.05) is 29.5 Å².